The van der Waals surface area contributed by atoms with E-state index in [-0.39, 0.29) is 6.61 Å². The molecule has 4 heteroatoms. The van der Waals surface area contributed by atoms with E-state index in [2.05, 4.69) is 45.4 Å². The molecule has 0 spiro atoms. The van der Waals surface area contributed by atoms with Gasteiger partial charge >= 0.3 is 0 Å². The van der Waals surface area contributed by atoms with E-state index in [9.17, 15) is 0 Å². The Morgan fingerprint density at radius 3 is 2.90 bits per heavy atom. The molecule has 2 N–H and O–H groups in total. The Labute approximate surface area is 125 Å². The molecule has 0 amide bonds. The number of piperidine rings is 1. The highest BCUT2D eigenvalue weighted by Crippen LogP contribution is 2.26. The van der Waals surface area contributed by atoms with E-state index in [1.54, 1.807) is 0 Å². The van der Waals surface area contributed by atoms with Crippen LogP contribution in [0.2, 0.25) is 0 Å². The summed E-state index contributed by atoms with van der Waals surface area (Å²) < 4.78 is 0. The summed E-state index contributed by atoms with van der Waals surface area (Å²) in [6, 6.07) is 12.7. The van der Waals surface area contributed by atoms with Crippen LogP contribution >= 0.6 is 0 Å². The highest BCUT2D eigenvalue weighted by Gasteiger charge is 2.23. The molecular formula is C17H23N3O. The van der Waals surface area contributed by atoms with Crippen molar-refractivity contribution in [2.75, 3.05) is 19.6 Å². The lowest BCUT2D eigenvalue weighted by atomic mass is 9.94. The molecule has 0 saturated carbocycles. The van der Waals surface area contributed by atoms with Crippen LogP contribution in [0.25, 0.3) is 0 Å². The fraction of sp³-hybridized carbons (Fsp3) is 0.471. The lowest BCUT2D eigenvalue weighted by Crippen LogP contribution is -2.35. The van der Waals surface area contributed by atoms with Gasteiger partial charge in [0.2, 0.25) is 0 Å². The Balaban J connectivity index is 1.55. The van der Waals surface area contributed by atoms with E-state index in [4.69, 9.17) is 5.11 Å². The van der Waals surface area contributed by atoms with Crippen LogP contribution in [0.3, 0.4) is 0 Å². The Kier molecular flexibility index (Phi) is 4.68. The molecule has 2 heterocycles. The number of hydrogen-bond acceptors (Lipinski definition) is 3. The highest BCUT2D eigenvalue weighted by atomic mass is 16.3. The van der Waals surface area contributed by atoms with Gasteiger partial charge in [0.25, 0.3) is 0 Å². The van der Waals surface area contributed by atoms with Gasteiger partial charge in [0.15, 0.2) is 0 Å². The van der Waals surface area contributed by atoms with Crippen molar-refractivity contribution in [3.63, 3.8) is 0 Å². The first kappa shape index (κ1) is 14.3. The number of likely N-dealkylation sites (tertiary alicyclic amines) is 1. The third-order valence-electron chi connectivity index (χ3n) is 4.30. The minimum atomic E-state index is 0.0391. The summed E-state index contributed by atoms with van der Waals surface area (Å²) in [5, 5.41) is 16.4. The fourth-order valence-electron chi connectivity index (χ4n) is 3.10. The zero-order valence-corrected chi connectivity index (χ0v) is 12.3. The predicted octanol–water partition coefficient (Wildman–Crippen LogP) is 2.32. The highest BCUT2D eigenvalue weighted by molar-refractivity contribution is 5.16. The van der Waals surface area contributed by atoms with E-state index >= 15 is 0 Å². The van der Waals surface area contributed by atoms with Gasteiger partial charge in [0.1, 0.15) is 0 Å². The predicted molar refractivity (Wildman–Crippen MR) is 83.1 cm³/mol. The molecule has 1 unspecified atom stereocenters. The second-order valence-corrected chi connectivity index (χ2v) is 5.85. The Morgan fingerprint density at radius 2 is 2.14 bits per heavy atom. The van der Waals surface area contributed by atoms with Crippen LogP contribution in [0.5, 0.6) is 0 Å². The van der Waals surface area contributed by atoms with Gasteiger partial charge in [-0.15, -0.1) is 0 Å². The van der Waals surface area contributed by atoms with Crippen LogP contribution in [0.15, 0.2) is 36.4 Å². The number of aromatic nitrogens is 2. The number of rotatable bonds is 5. The number of hydrogen-bond donors (Lipinski definition) is 2. The Bertz CT molecular complexity index is 552. The van der Waals surface area contributed by atoms with Crippen molar-refractivity contribution in [3.8, 4) is 0 Å². The van der Waals surface area contributed by atoms with Gasteiger partial charge in [-0.3, -0.25) is 5.10 Å². The number of nitrogens with one attached hydrogen (secondary N) is 1. The monoisotopic (exact) mass is 285 g/mol. The molecule has 2 aromatic rings. The van der Waals surface area contributed by atoms with Crippen molar-refractivity contribution >= 4 is 0 Å². The van der Waals surface area contributed by atoms with Crippen LogP contribution in [0.4, 0.5) is 0 Å². The summed E-state index contributed by atoms with van der Waals surface area (Å²) in [7, 11) is 0. The zero-order valence-electron chi connectivity index (χ0n) is 12.3. The van der Waals surface area contributed by atoms with E-state index < -0.39 is 0 Å². The summed E-state index contributed by atoms with van der Waals surface area (Å²) in [6.45, 7) is 3.40. The topological polar surface area (TPSA) is 52.1 Å². The van der Waals surface area contributed by atoms with Gasteiger partial charge in [0, 0.05) is 19.0 Å². The van der Waals surface area contributed by atoms with Gasteiger partial charge < -0.3 is 10.0 Å². The average molecular weight is 285 g/mol. The molecule has 1 saturated heterocycles. The van der Waals surface area contributed by atoms with Crippen LogP contribution in [-0.4, -0.2) is 39.8 Å². The first-order valence-electron chi connectivity index (χ1n) is 7.76. The van der Waals surface area contributed by atoms with E-state index in [1.165, 1.54) is 24.9 Å². The number of aliphatic hydroxyl groups excluding tert-OH is 1. The summed E-state index contributed by atoms with van der Waals surface area (Å²) in [5.41, 5.74) is 3.32. The molecule has 0 radical (unpaired) electrons. The number of H-pyrrole nitrogens is 1. The number of benzene rings is 1. The second kappa shape index (κ2) is 6.87. The van der Waals surface area contributed by atoms with E-state index in [1.807, 2.05) is 6.07 Å². The molecule has 1 aromatic heterocycles. The van der Waals surface area contributed by atoms with Gasteiger partial charge in [-0.05, 0) is 37.4 Å². The Morgan fingerprint density at radius 1 is 1.29 bits per heavy atom. The first-order chi connectivity index (χ1) is 10.3. The molecule has 1 aromatic carbocycles. The van der Waals surface area contributed by atoms with E-state index in [0.717, 1.165) is 30.9 Å². The zero-order chi connectivity index (χ0) is 14.5. The fourth-order valence-corrected chi connectivity index (χ4v) is 3.10. The van der Waals surface area contributed by atoms with Crippen LogP contribution < -0.4 is 0 Å². The van der Waals surface area contributed by atoms with Crippen molar-refractivity contribution in [2.45, 2.75) is 31.8 Å². The minimum Gasteiger partial charge on any atom is -0.390 e. The normalized spacial score (nSPS) is 19.8. The van der Waals surface area contributed by atoms with Gasteiger partial charge in [-0.2, -0.15) is 5.10 Å². The lowest BCUT2D eigenvalue weighted by Gasteiger charge is -2.31. The molecule has 1 aliphatic rings. The summed E-state index contributed by atoms with van der Waals surface area (Å²) in [5.74, 6) is 0.492. The smallest absolute Gasteiger partial charge is 0.0847 e. The molecule has 21 heavy (non-hydrogen) atoms. The van der Waals surface area contributed by atoms with Crippen molar-refractivity contribution in [1.82, 2.24) is 15.1 Å². The molecule has 1 aliphatic heterocycles. The van der Waals surface area contributed by atoms with Gasteiger partial charge in [-0.25, -0.2) is 0 Å². The van der Waals surface area contributed by atoms with Gasteiger partial charge in [-0.1, -0.05) is 30.3 Å². The average Bonchev–Trinajstić information content (AvgIpc) is 3.03. The van der Waals surface area contributed by atoms with Crippen molar-refractivity contribution in [1.29, 1.82) is 0 Å². The third-order valence-corrected chi connectivity index (χ3v) is 4.30. The second-order valence-electron chi connectivity index (χ2n) is 5.85. The minimum absolute atomic E-state index is 0.0391. The molecule has 4 nitrogen and oxygen atoms in total. The summed E-state index contributed by atoms with van der Waals surface area (Å²) >= 11 is 0. The first-order valence-corrected chi connectivity index (χ1v) is 7.76. The van der Waals surface area contributed by atoms with Crippen molar-refractivity contribution < 1.29 is 5.11 Å². The third kappa shape index (κ3) is 3.71. The maximum absolute atomic E-state index is 9.13. The quantitative estimate of drug-likeness (QED) is 0.886. The summed E-state index contributed by atoms with van der Waals surface area (Å²) in [6.07, 6.45) is 3.52. The molecule has 112 valence electrons. The number of aromatic amines is 1. The SMILES string of the molecule is OCc1cc(C2CCCN(CCc3ccccc3)C2)n[nH]1. The largest absolute Gasteiger partial charge is 0.390 e. The lowest BCUT2D eigenvalue weighted by molar-refractivity contribution is 0.208. The van der Waals surface area contributed by atoms with Gasteiger partial charge in [0.05, 0.1) is 18.0 Å². The van der Waals surface area contributed by atoms with Crippen LogP contribution in [0.1, 0.15) is 35.7 Å². The molecule has 1 atom stereocenters. The molecular weight excluding hydrogens is 262 g/mol. The number of aliphatic hydroxyl groups is 1. The van der Waals surface area contributed by atoms with E-state index in [0.29, 0.717) is 5.92 Å². The molecule has 0 aliphatic carbocycles. The standard InChI is InChI=1S/C17H23N3O/c21-13-16-11-17(19-18-16)15-7-4-9-20(12-15)10-8-14-5-2-1-3-6-14/h1-3,5-6,11,15,21H,4,7-10,12-13H2,(H,18,19). The van der Waals surface area contributed by atoms with Crippen molar-refractivity contribution in [2.24, 2.45) is 0 Å². The van der Waals surface area contributed by atoms with Crippen LogP contribution in [0, 0.1) is 0 Å². The molecule has 1 fully saturated rings. The van der Waals surface area contributed by atoms with Crippen LogP contribution in [-0.2, 0) is 13.0 Å². The maximum atomic E-state index is 9.13. The number of nitrogens with zero attached hydrogens (tertiary/aromatic N) is 2. The molecule has 0 bridgehead atoms. The molecule has 3 rings (SSSR count). The maximum Gasteiger partial charge on any atom is 0.0847 e. The van der Waals surface area contributed by atoms with Crippen molar-refractivity contribution in [3.05, 3.63) is 53.3 Å². The summed E-state index contributed by atoms with van der Waals surface area (Å²) in [4.78, 5) is 2.54. The Hall–Kier alpha value is -1.65.